The minimum Gasteiger partial charge on any atom is -0.351 e. The first kappa shape index (κ1) is 21.9. The molecule has 1 fully saturated rings. The Morgan fingerprint density at radius 1 is 1.00 bits per heavy atom. The second-order valence-corrected chi connectivity index (χ2v) is 7.12. The second kappa shape index (κ2) is 10.8. The van der Waals surface area contributed by atoms with Gasteiger partial charge in [-0.05, 0) is 43.0 Å². The quantitative estimate of drug-likeness (QED) is 0.666. The smallest absolute Gasteiger partial charge is 0.251 e. The fraction of sp³-hybridized carbons (Fsp3) is 0.364. The number of nitrogens with two attached hydrogens (primary N) is 1. The normalized spacial score (nSPS) is 19.3. The first-order chi connectivity index (χ1) is 13.2. The molecule has 2 amide bonds. The molecule has 0 spiro atoms. The van der Waals surface area contributed by atoms with Gasteiger partial charge in [0.1, 0.15) is 6.04 Å². The topological polar surface area (TPSA) is 84.2 Å². The molecule has 1 saturated carbocycles. The molecule has 1 aliphatic rings. The molecule has 0 bridgehead atoms. The van der Waals surface area contributed by atoms with E-state index in [4.69, 9.17) is 5.73 Å². The Morgan fingerprint density at radius 3 is 2.29 bits per heavy atom. The number of carbonyl (C=O) groups excluding carboxylic acids is 2. The van der Waals surface area contributed by atoms with E-state index in [1.165, 1.54) is 0 Å². The van der Waals surface area contributed by atoms with Crippen molar-refractivity contribution >= 4 is 24.2 Å². The SMILES string of the molecule is Cl.NCC1CCCC1NC(=O)C(Cc1ccccc1)NC(=O)c1ccccc1. The van der Waals surface area contributed by atoms with E-state index >= 15 is 0 Å². The van der Waals surface area contributed by atoms with Crippen molar-refractivity contribution in [3.8, 4) is 0 Å². The third-order valence-corrected chi connectivity index (χ3v) is 5.23. The van der Waals surface area contributed by atoms with Crippen LogP contribution in [0.25, 0.3) is 0 Å². The van der Waals surface area contributed by atoms with Crippen LogP contribution >= 0.6 is 12.4 Å². The van der Waals surface area contributed by atoms with Crippen LogP contribution in [0.1, 0.15) is 35.2 Å². The average molecular weight is 402 g/mol. The van der Waals surface area contributed by atoms with Crippen molar-refractivity contribution in [3.63, 3.8) is 0 Å². The van der Waals surface area contributed by atoms with Crippen molar-refractivity contribution in [2.75, 3.05) is 6.54 Å². The van der Waals surface area contributed by atoms with Gasteiger partial charge in [-0.25, -0.2) is 0 Å². The first-order valence-corrected chi connectivity index (χ1v) is 9.57. The molecule has 0 aromatic heterocycles. The fourth-order valence-electron chi connectivity index (χ4n) is 3.68. The van der Waals surface area contributed by atoms with Crippen molar-refractivity contribution in [1.82, 2.24) is 10.6 Å². The van der Waals surface area contributed by atoms with Gasteiger partial charge in [-0.15, -0.1) is 12.4 Å². The number of benzene rings is 2. The van der Waals surface area contributed by atoms with Gasteiger partial charge in [0.15, 0.2) is 0 Å². The highest BCUT2D eigenvalue weighted by atomic mass is 35.5. The summed E-state index contributed by atoms with van der Waals surface area (Å²) in [6, 6.07) is 18.2. The van der Waals surface area contributed by atoms with Gasteiger partial charge < -0.3 is 16.4 Å². The van der Waals surface area contributed by atoms with E-state index in [0.29, 0.717) is 24.4 Å². The van der Waals surface area contributed by atoms with Gasteiger partial charge in [-0.3, -0.25) is 9.59 Å². The second-order valence-electron chi connectivity index (χ2n) is 7.12. The van der Waals surface area contributed by atoms with Crippen LogP contribution in [0.15, 0.2) is 60.7 Å². The maximum absolute atomic E-state index is 13.0. The molecule has 3 rings (SSSR count). The lowest BCUT2D eigenvalue weighted by atomic mass is 10.0. The minimum atomic E-state index is -0.626. The van der Waals surface area contributed by atoms with Gasteiger partial charge in [0.25, 0.3) is 5.91 Å². The summed E-state index contributed by atoms with van der Waals surface area (Å²) in [4.78, 5) is 25.6. The van der Waals surface area contributed by atoms with Crippen LogP contribution in [0.2, 0.25) is 0 Å². The summed E-state index contributed by atoms with van der Waals surface area (Å²) in [6.07, 6.45) is 3.51. The van der Waals surface area contributed by atoms with Crippen LogP contribution in [0, 0.1) is 5.92 Å². The van der Waals surface area contributed by atoms with Crippen molar-refractivity contribution < 1.29 is 9.59 Å². The number of hydrogen-bond donors (Lipinski definition) is 3. The van der Waals surface area contributed by atoms with Crippen LogP contribution < -0.4 is 16.4 Å². The Bertz CT molecular complexity index is 755. The van der Waals surface area contributed by atoms with E-state index in [-0.39, 0.29) is 30.3 Å². The molecular weight excluding hydrogens is 374 g/mol. The molecule has 5 nitrogen and oxygen atoms in total. The molecule has 28 heavy (non-hydrogen) atoms. The van der Waals surface area contributed by atoms with E-state index in [1.807, 2.05) is 48.5 Å². The highest BCUT2D eigenvalue weighted by Gasteiger charge is 2.30. The Kier molecular flexibility index (Phi) is 8.48. The van der Waals surface area contributed by atoms with Crippen LogP contribution in [0.4, 0.5) is 0 Å². The zero-order valence-corrected chi connectivity index (χ0v) is 16.7. The maximum atomic E-state index is 13.0. The lowest BCUT2D eigenvalue weighted by molar-refractivity contribution is -0.123. The van der Waals surface area contributed by atoms with Gasteiger partial charge in [0.05, 0.1) is 0 Å². The Labute approximate surface area is 172 Å². The zero-order valence-electron chi connectivity index (χ0n) is 15.8. The van der Waals surface area contributed by atoms with Gasteiger partial charge in [-0.2, -0.15) is 0 Å². The molecule has 2 aromatic carbocycles. The predicted octanol–water partition coefficient (Wildman–Crippen LogP) is 2.69. The number of rotatable bonds is 7. The van der Waals surface area contributed by atoms with Crippen LogP contribution in [0.3, 0.4) is 0 Å². The Morgan fingerprint density at radius 2 is 1.64 bits per heavy atom. The van der Waals surface area contributed by atoms with Crippen molar-refractivity contribution in [2.45, 2.75) is 37.8 Å². The Hall–Kier alpha value is -2.37. The Balaban J connectivity index is 0.00000280. The highest BCUT2D eigenvalue weighted by molar-refractivity contribution is 5.97. The van der Waals surface area contributed by atoms with Gasteiger partial charge >= 0.3 is 0 Å². The summed E-state index contributed by atoms with van der Waals surface area (Å²) in [5, 5.41) is 6.03. The monoisotopic (exact) mass is 401 g/mol. The van der Waals surface area contributed by atoms with E-state index in [0.717, 1.165) is 24.8 Å². The maximum Gasteiger partial charge on any atom is 0.251 e. The molecule has 3 unspecified atom stereocenters. The van der Waals surface area contributed by atoms with E-state index < -0.39 is 6.04 Å². The third-order valence-electron chi connectivity index (χ3n) is 5.23. The summed E-state index contributed by atoms with van der Waals surface area (Å²) >= 11 is 0. The van der Waals surface area contributed by atoms with Crippen LogP contribution in [0.5, 0.6) is 0 Å². The van der Waals surface area contributed by atoms with Crippen LogP contribution in [-0.2, 0) is 11.2 Å². The van der Waals surface area contributed by atoms with E-state index in [1.54, 1.807) is 12.1 Å². The number of nitrogens with one attached hydrogen (secondary N) is 2. The zero-order chi connectivity index (χ0) is 19.1. The number of amides is 2. The molecule has 150 valence electrons. The molecule has 1 aliphatic carbocycles. The standard InChI is InChI=1S/C22H27N3O2.ClH/c23-15-18-12-7-13-19(18)24-22(27)20(14-16-8-3-1-4-9-16)25-21(26)17-10-5-2-6-11-17;/h1-6,8-11,18-20H,7,12-15,23H2,(H,24,27)(H,25,26);1H. The van der Waals surface area contributed by atoms with Crippen molar-refractivity contribution in [1.29, 1.82) is 0 Å². The molecule has 0 saturated heterocycles. The molecule has 6 heteroatoms. The van der Waals surface area contributed by atoms with Gasteiger partial charge in [0.2, 0.25) is 5.91 Å². The summed E-state index contributed by atoms with van der Waals surface area (Å²) in [7, 11) is 0. The van der Waals surface area contributed by atoms with Gasteiger partial charge in [-0.1, -0.05) is 55.0 Å². The molecule has 0 heterocycles. The largest absolute Gasteiger partial charge is 0.351 e. The lowest BCUT2D eigenvalue weighted by Crippen LogP contribution is -2.52. The summed E-state index contributed by atoms with van der Waals surface area (Å²) in [6.45, 7) is 0.574. The average Bonchev–Trinajstić information content (AvgIpc) is 3.16. The molecule has 2 aromatic rings. The molecular formula is C22H28ClN3O2. The van der Waals surface area contributed by atoms with E-state index in [9.17, 15) is 9.59 Å². The molecule has 0 radical (unpaired) electrons. The van der Waals surface area contributed by atoms with Crippen LogP contribution in [-0.4, -0.2) is 30.4 Å². The molecule has 0 aliphatic heterocycles. The summed E-state index contributed by atoms with van der Waals surface area (Å²) in [5.74, 6) is -0.0712. The van der Waals surface area contributed by atoms with Crippen molar-refractivity contribution in [2.24, 2.45) is 11.7 Å². The highest BCUT2D eigenvalue weighted by Crippen LogP contribution is 2.24. The first-order valence-electron chi connectivity index (χ1n) is 9.57. The van der Waals surface area contributed by atoms with Gasteiger partial charge in [0, 0.05) is 18.0 Å². The third kappa shape index (κ3) is 5.81. The summed E-state index contributed by atoms with van der Waals surface area (Å²) in [5.41, 5.74) is 7.39. The lowest BCUT2D eigenvalue weighted by Gasteiger charge is -2.24. The fourth-order valence-corrected chi connectivity index (χ4v) is 3.68. The van der Waals surface area contributed by atoms with Crippen molar-refractivity contribution in [3.05, 3.63) is 71.8 Å². The van der Waals surface area contributed by atoms with E-state index in [2.05, 4.69) is 10.6 Å². The molecule has 3 atom stereocenters. The summed E-state index contributed by atoms with van der Waals surface area (Å²) < 4.78 is 0. The predicted molar refractivity (Wildman–Crippen MR) is 113 cm³/mol. The minimum absolute atomic E-state index is 0. The number of hydrogen-bond acceptors (Lipinski definition) is 3. The number of carbonyl (C=O) groups is 2. The number of halogens is 1. The molecule has 4 N–H and O–H groups in total.